The van der Waals surface area contributed by atoms with Gasteiger partial charge in [0.1, 0.15) is 11.1 Å². The van der Waals surface area contributed by atoms with E-state index in [2.05, 4.69) is 20.5 Å². The van der Waals surface area contributed by atoms with Crippen LogP contribution >= 0.6 is 47.8 Å². The molecule has 1 aliphatic carbocycles. The van der Waals surface area contributed by atoms with Gasteiger partial charge in [-0.3, -0.25) is 14.1 Å². The Morgan fingerprint density at radius 1 is 1.38 bits per heavy atom. The lowest BCUT2D eigenvalue weighted by Gasteiger charge is -2.11. The molecule has 13 heteroatoms. The Bertz CT molecular complexity index is 1380. The Morgan fingerprint density at radius 3 is 2.75 bits per heavy atom. The second kappa shape index (κ2) is 9.18. The first-order valence-electron chi connectivity index (χ1n) is 8.88. The molecule has 2 N–H and O–H groups in total. The summed E-state index contributed by atoms with van der Waals surface area (Å²) >= 11 is 7.57. The molecule has 4 aromatic rings. The van der Waals surface area contributed by atoms with Gasteiger partial charge in [0.2, 0.25) is 5.91 Å². The summed E-state index contributed by atoms with van der Waals surface area (Å²) in [7, 11) is -1.60. The van der Waals surface area contributed by atoms with Crippen LogP contribution < -0.4 is 5.32 Å². The van der Waals surface area contributed by atoms with Crippen molar-refractivity contribution in [2.45, 2.75) is 17.5 Å². The highest BCUT2D eigenvalue weighted by Gasteiger charge is 2.43. The number of hydrogen-bond acceptors (Lipinski definition) is 5. The molecule has 0 bridgehead atoms. The predicted octanol–water partition coefficient (Wildman–Crippen LogP) is 5.51. The fourth-order valence-corrected chi connectivity index (χ4v) is 5.47. The molecule has 1 amide bonds. The third kappa shape index (κ3) is 4.10. The van der Waals surface area contributed by atoms with Gasteiger partial charge in [0.05, 0.1) is 43.7 Å². The molecular formula is C19H15Cl3F2N4O2S2. The molecule has 5 rings (SSSR count). The number of halogens is 5. The zero-order valence-electron chi connectivity index (χ0n) is 16.1. The number of rotatable bonds is 4. The number of carbonyl (C=O) groups excluding carboxylic acids is 1. The van der Waals surface area contributed by atoms with E-state index in [0.717, 1.165) is 4.70 Å². The Morgan fingerprint density at radius 2 is 2.09 bits per heavy atom. The molecule has 2 heterocycles. The third-order valence-corrected chi connectivity index (χ3v) is 7.24. The number of aromatic amines is 1. The Balaban J connectivity index is 0.00000144. The summed E-state index contributed by atoms with van der Waals surface area (Å²) in [5.41, 5.74) is 2.01. The monoisotopic (exact) mass is 538 g/mol. The van der Waals surface area contributed by atoms with Crippen LogP contribution in [-0.4, -0.2) is 37.7 Å². The van der Waals surface area contributed by atoms with E-state index in [1.807, 2.05) is 0 Å². The van der Waals surface area contributed by atoms with Crippen LogP contribution in [0.2, 0.25) is 5.02 Å². The number of benzene rings is 2. The standard InChI is InChI=1S/C19H13ClF2N4O2S2.2ClH/c1-30(28)17-15(22)14(20)13(9-6-23-26-16(9)17)7-2-3-11-12(4-7)29-19(24-11)25-18(27)8-5-10(8)21;;/h2-4,6,8,10H,5H2,1H3,(H,23,26)(H,24,25,27);2*1H/t8-,10+,30?;;/m1../s1. The number of hydrogen-bond donors (Lipinski definition) is 2. The van der Waals surface area contributed by atoms with E-state index in [9.17, 15) is 17.8 Å². The summed E-state index contributed by atoms with van der Waals surface area (Å²) in [4.78, 5) is 16.3. The number of aromatic nitrogens is 3. The van der Waals surface area contributed by atoms with Crippen LogP contribution in [-0.2, 0) is 15.6 Å². The van der Waals surface area contributed by atoms with Gasteiger partial charge in [0.25, 0.3) is 0 Å². The predicted molar refractivity (Wildman–Crippen MR) is 128 cm³/mol. The minimum Gasteiger partial charge on any atom is -0.302 e. The maximum atomic E-state index is 14.9. The van der Waals surface area contributed by atoms with E-state index in [0.29, 0.717) is 32.7 Å². The highest BCUT2D eigenvalue weighted by atomic mass is 35.5. The Kier molecular flexibility index (Phi) is 7.11. The quantitative estimate of drug-likeness (QED) is 0.358. The van der Waals surface area contributed by atoms with E-state index in [1.165, 1.54) is 23.8 Å². The molecule has 1 fully saturated rings. The zero-order chi connectivity index (χ0) is 21.2. The smallest absolute Gasteiger partial charge is 0.232 e. The lowest BCUT2D eigenvalue weighted by Crippen LogP contribution is -2.14. The molecule has 0 aliphatic heterocycles. The second-order valence-electron chi connectivity index (χ2n) is 6.99. The molecule has 0 radical (unpaired) electrons. The molecule has 3 atom stereocenters. The van der Waals surface area contributed by atoms with Crippen LogP contribution in [0.25, 0.3) is 32.2 Å². The van der Waals surface area contributed by atoms with Gasteiger partial charge >= 0.3 is 0 Å². The van der Waals surface area contributed by atoms with E-state index in [-0.39, 0.29) is 47.1 Å². The first-order chi connectivity index (χ1) is 14.3. The van der Waals surface area contributed by atoms with Crippen LogP contribution in [0.15, 0.2) is 29.3 Å². The molecule has 0 saturated heterocycles. The van der Waals surface area contributed by atoms with Gasteiger partial charge in [-0.15, -0.1) is 24.8 Å². The van der Waals surface area contributed by atoms with Crippen molar-refractivity contribution in [3.63, 3.8) is 0 Å². The number of amides is 1. The number of carbonyl (C=O) groups is 1. The average molecular weight is 540 g/mol. The lowest BCUT2D eigenvalue weighted by atomic mass is 10.0. The summed E-state index contributed by atoms with van der Waals surface area (Å²) in [6.45, 7) is 0. The van der Waals surface area contributed by atoms with Crippen LogP contribution in [0, 0.1) is 11.7 Å². The van der Waals surface area contributed by atoms with E-state index in [4.69, 9.17) is 11.6 Å². The minimum atomic E-state index is -1.60. The van der Waals surface area contributed by atoms with Crippen molar-refractivity contribution in [2.75, 3.05) is 11.6 Å². The molecule has 32 heavy (non-hydrogen) atoms. The summed E-state index contributed by atoms with van der Waals surface area (Å²) in [6.07, 6.45) is 2.05. The van der Waals surface area contributed by atoms with Gasteiger partial charge in [-0.2, -0.15) is 5.10 Å². The van der Waals surface area contributed by atoms with E-state index >= 15 is 0 Å². The molecule has 170 valence electrons. The summed E-state index contributed by atoms with van der Waals surface area (Å²) in [5, 5.41) is 10.1. The lowest BCUT2D eigenvalue weighted by molar-refractivity contribution is -0.117. The molecule has 2 aromatic heterocycles. The number of fused-ring (bicyclic) bond motifs is 2. The number of nitrogens with zero attached hydrogens (tertiary/aromatic N) is 2. The van der Waals surface area contributed by atoms with Crippen molar-refractivity contribution >= 4 is 90.7 Å². The highest BCUT2D eigenvalue weighted by Crippen LogP contribution is 2.42. The summed E-state index contributed by atoms with van der Waals surface area (Å²) < 4.78 is 40.8. The molecule has 1 saturated carbocycles. The maximum absolute atomic E-state index is 14.9. The number of alkyl halides is 1. The molecule has 1 aliphatic rings. The van der Waals surface area contributed by atoms with E-state index in [1.54, 1.807) is 18.2 Å². The van der Waals surface area contributed by atoms with Gasteiger partial charge in [-0.25, -0.2) is 13.8 Å². The molecule has 6 nitrogen and oxygen atoms in total. The van der Waals surface area contributed by atoms with Crippen LogP contribution in [0.4, 0.5) is 13.9 Å². The fraction of sp³-hybridized carbons (Fsp3) is 0.211. The maximum Gasteiger partial charge on any atom is 0.232 e. The van der Waals surface area contributed by atoms with Crippen molar-refractivity contribution < 1.29 is 17.8 Å². The highest BCUT2D eigenvalue weighted by molar-refractivity contribution is 7.84. The number of anilines is 1. The normalized spacial score (nSPS) is 18.1. The zero-order valence-corrected chi connectivity index (χ0v) is 20.2. The van der Waals surface area contributed by atoms with Crippen molar-refractivity contribution in [1.29, 1.82) is 0 Å². The van der Waals surface area contributed by atoms with Crippen LogP contribution in [0.3, 0.4) is 0 Å². The first-order valence-corrected chi connectivity index (χ1v) is 11.6. The molecule has 0 spiro atoms. The van der Waals surface area contributed by atoms with Crippen molar-refractivity contribution in [1.82, 2.24) is 15.2 Å². The topological polar surface area (TPSA) is 87.7 Å². The van der Waals surface area contributed by atoms with Gasteiger partial charge in [0.15, 0.2) is 10.9 Å². The number of thiazole rings is 1. The second-order valence-corrected chi connectivity index (χ2v) is 9.72. The van der Waals surface area contributed by atoms with Gasteiger partial charge in [-0.05, 0) is 24.1 Å². The SMILES string of the molecule is CS(=O)c1c(F)c(Cl)c(-c2ccc3nc(NC(=O)[C@@H]4C[C@@H]4F)sc3c2)c2cn[nH]c12.Cl.Cl. The van der Waals surface area contributed by atoms with Crippen molar-refractivity contribution in [2.24, 2.45) is 5.92 Å². The Hall–Kier alpha value is -1.85. The third-order valence-electron chi connectivity index (χ3n) is 4.99. The summed E-state index contributed by atoms with van der Waals surface area (Å²) in [5.74, 6) is -1.74. The van der Waals surface area contributed by atoms with Gasteiger partial charge in [0, 0.05) is 17.2 Å². The van der Waals surface area contributed by atoms with Gasteiger partial charge in [-0.1, -0.05) is 29.0 Å². The average Bonchev–Trinajstić information content (AvgIpc) is 3.08. The minimum absolute atomic E-state index is 0. The Labute approximate surface area is 204 Å². The molecular weight excluding hydrogens is 525 g/mol. The van der Waals surface area contributed by atoms with Gasteiger partial charge < -0.3 is 5.32 Å². The largest absolute Gasteiger partial charge is 0.302 e. The molecule has 2 aromatic carbocycles. The first kappa shape index (κ1) is 24.8. The fourth-order valence-electron chi connectivity index (χ4n) is 3.41. The number of nitrogens with one attached hydrogen (secondary N) is 2. The van der Waals surface area contributed by atoms with E-state index < -0.39 is 28.7 Å². The van der Waals surface area contributed by atoms with Crippen LogP contribution in [0.5, 0.6) is 0 Å². The van der Waals surface area contributed by atoms with Crippen molar-refractivity contribution in [3.8, 4) is 11.1 Å². The molecule has 1 unspecified atom stereocenters. The summed E-state index contributed by atoms with van der Waals surface area (Å²) in [6, 6.07) is 5.26. The van der Waals surface area contributed by atoms with Crippen LogP contribution in [0.1, 0.15) is 6.42 Å². The van der Waals surface area contributed by atoms with Crippen molar-refractivity contribution in [3.05, 3.63) is 35.2 Å². The number of H-pyrrole nitrogens is 1.